The van der Waals surface area contributed by atoms with Crippen LogP contribution in [0.4, 0.5) is 0 Å². The van der Waals surface area contributed by atoms with Gasteiger partial charge in [0.05, 0.1) is 0 Å². The van der Waals surface area contributed by atoms with Gasteiger partial charge in [0, 0.05) is 11.1 Å². The van der Waals surface area contributed by atoms with Crippen LogP contribution >= 0.6 is 11.8 Å². The second-order valence-corrected chi connectivity index (χ2v) is 4.72. The molecule has 0 spiro atoms. The molecule has 2 aromatic rings. The molecule has 0 fully saturated rings. The highest BCUT2D eigenvalue weighted by atomic mass is 32.2. The second-order valence-electron chi connectivity index (χ2n) is 3.71. The Bertz CT molecular complexity index is 587. The topological polar surface area (TPSA) is 49.6 Å². The van der Waals surface area contributed by atoms with E-state index in [9.17, 15) is 0 Å². The van der Waals surface area contributed by atoms with Crippen LogP contribution in [-0.2, 0) is 0 Å². The van der Waals surface area contributed by atoms with Gasteiger partial charge in [-0.1, -0.05) is 17.7 Å². The van der Waals surface area contributed by atoms with Crippen molar-refractivity contribution in [1.82, 2.24) is 9.97 Å². The molecule has 0 aliphatic rings. The molecule has 0 bridgehead atoms. The van der Waals surface area contributed by atoms with Crippen LogP contribution in [0.2, 0.25) is 0 Å². The van der Waals surface area contributed by atoms with Crippen LogP contribution in [0.15, 0.2) is 40.5 Å². The van der Waals surface area contributed by atoms with E-state index < -0.39 is 0 Å². The number of aromatic nitrogens is 2. The van der Waals surface area contributed by atoms with Gasteiger partial charge in [-0.2, -0.15) is 5.26 Å². The molecular formula is C13H11N3S. The van der Waals surface area contributed by atoms with Crippen molar-refractivity contribution in [3.05, 3.63) is 47.3 Å². The molecule has 4 heteroatoms. The minimum absolute atomic E-state index is 0.396. The Morgan fingerprint density at radius 3 is 2.76 bits per heavy atom. The average molecular weight is 241 g/mol. The summed E-state index contributed by atoms with van der Waals surface area (Å²) in [4.78, 5) is 9.40. The van der Waals surface area contributed by atoms with Crippen molar-refractivity contribution >= 4 is 11.8 Å². The zero-order chi connectivity index (χ0) is 12.3. The van der Waals surface area contributed by atoms with Gasteiger partial charge in [0.15, 0.2) is 5.16 Å². The second kappa shape index (κ2) is 4.98. The number of hydrogen-bond donors (Lipinski definition) is 0. The lowest BCUT2D eigenvalue weighted by Crippen LogP contribution is -1.90. The Morgan fingerprint density at radius 2 is 2.06 bits per heavy atom. The molecule has 0 radical (unpaired) electrons. The summed E-state index contributed by atoms with van der Waals surface area (Å²) in [5, 5.41) is 9.38. The van der Waals surface area contributed by atoms with Crippen LogP contribution in [0.3, 0.4) is 0 Å². The normalized spacial score (nSPS) is 9.94. The van der Waals surface area contributed by atoms with Crippen molar-refractivity contribution in [3.8, 4) is 6.07 Å². The van der Waals surface area contributed by atoms with Crippen molar-refractivity contribution in [2.45, 2.75) is 23.9 Å². The summed E-state index contributed by atoms with van der Waals surface area (Å²) in [6.07, 6.45) is 1.61. The number of nitrogens with zero attached hydrogens (tertiary/aromatic N) is 3. The highest BCUT2D eigenvalue weighted by molar-refractivity contribution is 7.99. The van der Waals surface area contributed by atoms with E-state index in [1.807, 2.05) is 6.07 Å². The van der Waals surface area contributed by atoms with Crippen molar-refractivity contribution < 1.29 is 0 Å². The maximum Gasteiger partial charge on any atom is 0.193 e. The number of aryl methyl sites for hydroxylation is 2. The Balaban J connectivity index is 2.28. The number of nitriles is 1. The fraction of sp³-hybridized carbons (Fsp3) is 0.154. The summed E-state index contributed by atoms with van der Waals surface area (Å²) in [5.41, 5.74) is 2.83. The summed E-state index contributed by atoms with van der Waals surface area (Å²) in [6, 6.07) is 9.85. The third-order valence-corrected chi connectivity index (χ3v) is 3.34. The summed E-state index contributed by atoms with van der Waals surface area (Å²) in [5.74, 6) is 0. The number of benzene rings is 1. The maximum atomic E-state index is 8.77. The van der Waals surface area contributed by atoms with Gasteiger partial charge in [-0.3, -0.25) is 0 Å². The van der Waals surface area contributed by atoms with Crippen LogP contribution in [0.5, 0.6) is 0 Å². The first-order chi connectivity index (χ1) is 8.19. The molecule has 17 heavy (non-hydrogen) atoms. The zero-order valence-corrected chi connectivity index (χ0v) is 10.5. The Labute approximate surface area is 105 Å². The fourth-order valence-electron chi connectivity index (χ4n) is 1.46. The smallest absolute Gasteiger partial charge is 0.193 e. The molecule has 84 valence electrons. The molecule has 0 unspecified atom stereocenters. The first-order valence-electron chi connectivity index (χ1n) is 5.17. The Hall–Kier alpha value is -1.86. The van der Waals surface area contributed by atoms with Crippen molar-refractivity contribution in [1.29, 1.82) is 5.26 Å². The van der Waals surface area contributed by atoms with Crippen LogP contribution in [-0.4, -0.2) is 9.97 Å². The van der Waals surface area contributed by atoms with Gasteiger partial charge < -0.3 is 0 Å². The van der Waals surface area contributed by atoms with Crippen LogP contribution in [0.25, 0.3) is 0 Å². The molecule has 2 rings (SSSR count). The molecule has 0 amide bonds. The van der Waals surface area contributed by atoms with Crippen molar-refractivity contribution in [2.24, 2.45) is 0 Å². The highest BCUT2D eigenvalue weighted by Crippen LogP contribution is 2.27. The van der Waals surface area contributed by atoms with Gasteiger partial charge >= 0.3 is 0 Å². The van der Waals surface area contributed by atoms with Crippen LogP contribution in [0.1, 0.15) is 16.8 Å². The van der Waals surface area contributed by atoms with Gasteiger partial charge in [0.2, 0.25) is 0 Å². The molecule has 1 aromatic heterocycles. The summed E-state index contributed by atoms with van der Waals surface area (Å²) >= 11 is 1.48. The van der Waals surface area contributed by atoms with Gasteiger partial charge in [0.25, 0.3) is 0 Å². The lowest BCUT2D eigenvalue weighted by molar-refractivity contribution is 0.951. The van der Waals surface area contributed by atoms with E-state index in [1.165, 1.54) is 22.9 Å². The molecule has 0 saturated carbocycles. The zero-order valence-electron chi connectivity index (χ0n) is 9.64. The SMILES string of the molecule is Cc1ccc(Sc2nccc(C#N)n2)c(C)c1. The molecule has 0 aliphatic carbocycles. The van der Waals surface area contributed by atoms with E-state index in [-0.39, 0.29) is 0 Å². The average Bonchev–Trinajstić information content (AvgIpc) is 2.33. The molecule has 1 heterocycles. The summed E-state index contributed by atoms with van der Waals surface area (Å²) < 4.78 is 0. The Morgan fingerprint density at radius 1 is 1.24 bits per heavy atom. The predicted octanol–water partition coefficient (Wildman–Crippen LogP) is 3.12. The van der Waals surface area contributed by atoms with E-state index >= 15 is 0 Å². The summed E-state index contributed by atoms with van der Waals surface area (Å²) in [6.45, 7) is 4.12. The molecule has 0 aliphatic heterocycles. The lowest BCUT2D eigenvalue weighted by atomic mass is 10.2. The predicted molar refractivity (Wildman–Crippen MR) is 66.8 cm³/mol. The lowest BCUT2D eigenvalue weighted by Gasteiger charge is -2.05. The van der Waals surface area contributed by atoms with Gasteiger partial charge in [-0.25, -0.2) is 9.97 Å². The largest absolute Gasteiger partial charge is 0.231 e. The standard InChI is InChI=1S/C13H11N3S/c1-9-3-4-12(10(2)7-9)17-13-15-6-5-11(8-14)16-13/h3-7H,1-2H3. The first kappa shape index (κ1) is 11.6. The molecule has 3 nitrogen and oxygen atoms in total. The summed E-state index contributed by atoms with van der Waals surface area (Å²) in [7, 11) is 0. The molecular weight excluding hydrogens is 230 g/mol. The minimum Gasteiger partial charge on any atom is -0.231 e. The third-order valence-electron chi connectivity index (χ3n) is 2.28. The van der Waals surface area contributed by atoms with E-state index in [4.69, 9.17) is 5.26 Å². The van der Waals surface area contributed by atoms with Gasteiger partial charge in [-0.05, 0) is 43.3 Å². The maximum absolute atomic E-state index is 8.77. The van der Waals surface area contributed by atoms with Gasteiger partial charge in [-0.15, -0.1) is 0 Å². The molecule has 0 saturated heterocycles. The van der Waals surface area contributed by atoms with E-state index in [1.54, 1.807) is 12.3 Å². The van der Waals surface area contributed by atoms with Crippen molar-refractivity contribution in [2.75, 3.05) is 0 Å². The first-order valence-corrected chi connectivity index (χ1v) is 5.99. The van der Waals surface area contributed by atoms with Crippen LogP contribution in [0, 0.1) is 25.2 Å². The van der Waals surface area contributed by atoms with E-state index in [0.717, 1.165) is 4.90 Å². The minimum atomic E-state index is 0.396. The fourth-order valence-corrected chi connectivity index (χ4v) is 2.27. The quantitative estimate of drug-likeness (QED) is 0.758. The Kier molecular flexibility index (Phi) is 3.40. The third kappa shape index (κ3) is 2.83. The van der Waals surface area contributed by atoms with E-state index in [0.29, 0.717) is 10.9 Å². The monoisotopic (exact) mass is 241 g/mol. The van der Waals surface area contributed by atoms with Crippen molar-refractivity contribution in [3.63, 3.8) is 0 Å². The highest BCUT2D eigenvalue weighted by Gasteiger charge is 2.04. The van der Waals surface area contributed by atoms with Gasteiger partial charge in [0.1, 0.15) is 11.8 Å². The molecule has 1 aromatic carbocycles. The number of rotatable bonds is 2. The molecule has 0 N–H and O–H groups in total. The number of hydrogen-bond acceptors (Lipinski definition) is 4. The van der Waals surface area contributed by atoms with Crippen LogP contribution < -0.4 is 0 Å². The molecule has 0 atom stereocenters. The van der Waals surface area contributed by atoms with E-state index in [2.05, 4.69) is 42.0 Å².